The highest BCUT2D eigenvalue weighted by Gasteiger charge is 2.12. The molecule has 1 aromatic rings. The molecule has 0 saturated heterocycles. The Hall–Kier alpha value is -1.62. The SMILES string of the molecule is O=[N+]([O-])c1ccc(NCCNCC2CCCCC2)cc1. The Kier molecular flexibility index (Phi) is 5.80. The molecule has 1 aliphatic rings. The second-order valence-corrected chi connectivity index (χ2v) is 5.44. The predicted molar refractivity (Wildman–Crippen MR) is 81.0 cm³/mol. The second kappa shape index (κ2) is 7.85. The Morgan fingerprint density at radius 3 is 2.45 bits per heavy atom. The van der Waals surface area contributed by atoms with Gasteiger partial charge in [-0.2, -0.15) is 0 Å². The summed E-state index contributed by atoms with van der Waals surface area (Å²) in [5.74, 6) is 0.850. The van der Waals surface area contributed by atoms with Crippen LogP contribution in [0.5, 0.6) is 0 Å². The number of nitrogens with zero attached hydrogens (tertiary/aromatic N) is 1. The van der Waals surface area contributed by atoms with Gasteiger partial charge in [0.1, 0.15) is 0 Å². The number of hydrogen-bond donors (Lipinski definition) is 2. The molecular weight excluding hydrogens is 254 g/mol. The topological polar surface area (TPSA) is 67.2 Å². The summed E-state index contributed by atoms with van der Waals surface area (Å²) in [6.45, 7) is 2.87. The van der Waals surface area contributed by atoms with Crippen LogP contribution in [0.2, 0.25) is 0 Å². The van der Waals surface area contributed by atoms with Crippen molar-refractivity contribution in [2.24, 2.45) is 5.92 Å². The molecule has 2 rings (SSSR count). The van der Waals surface area contributed by atoms with Crippen LogP contribution in [-0.4, -0.2) is 24.6 Å². The van der Waals surface area contributed by atoms with Crippen LogP contribution in [0.4, 0.5) is 11.4 Å². The van der Waals surface area contributed by atoms with E-state index in [1.807, 2.05) is 0 Å². The van der Waals surface area contributed by atoms with Crippen molar-refractivity contribution >= 4 is 11.4 Å². The molecule has 1 fully saturated rings. The van der Waals surface area contributed by atoms with E-state index in [0.717, 1.165) is 31.2 Å². The number of nitro groups is 1. The van der Waals surface area contributed by atoms with Crippen molar-refractivity contribution in [3.8, 4) is 0 Å². The molecule has 0 bridgehead atoms. The van der Waals surface area contributed by atoms with Crippen LogP contribution < -0.4 is 10.6 Å². The number of benzene rings is 1. The zero-order valence-corrected chi connectivity index (χ0v) is 11.8. The van der Waals surface area contributed by atoms with E-state index in [2.05, 4.69) is 10.6 Å². The minimum atomic E-state index is -0.379. The van der Waals surface area contributed by atoms with Crippen LogP contribution >= 0.6 is 0 Å². The molecule has 5 heteroatoms. The number of hydrogen-bond acceptors (Lipinski definition) is 4. The Morgan fingerprint density at radius 1 is 1.10 bits per heavy atom. The average Bonchev–Trinajstić information content (AvgIpc) is 2.48. The molecule has 0 amide bonds. The van der Waals surface area contributed by atoms with Crippen LogP contribution in [0.15, 0.2) is 24.3 Å². The van der Waals surface area contributed by atoms with Crippen LogP contribution in [0.1, 0.15) is 32.1 Å². The molecule has 0 atom stereocenters. The maximum atomic E-state index is 10.5. The van der Waals surface area contributed by atoms with Gasteiger partial charge in [-0.15, -0.1) is 0 Å². The summed E-state index contributed by atoms with van der Waals surface area (Å²) in [7, 11) is 0. The van der Waals surface area contributed by atoms with E-state index in [1.165, 1.54) is 44.2 Å². The predicted octanol–water partition coefficient (Wildman–Crippen LogP) is 3.18. The molecule has 0 aromatic heterocycles. The summed E-state index contributed by atoms with van der Waals surface area (Å²) in [6, 6.07) is 6.55. The third-order valence-electron chi connectivity index (χ3n) is 3.87. The first kappa shape index (κ1) is 14.8. The maximum Gasteiger partial charge on any atom is 0.269 e. The molecule has 20 heavy (non-hydrogen) atoms. The van der Waals surface area contributed by atoms with Gasteiger partial charge in [0, 0.05) is 30.9 Å². The van der Waals surface area contributed by atoms with Crippen molar-refractivity contribution in [3.05, 3.63) is 34.4 Å². The fourth-order valence-corrected chi connectivity index (χ4v) is 2.69. The molecule has 0 unspecified atom stereocenters. The number of nitro benzene ring substituents is 1. The van der Waals surface area contributed by atoms with E-state index < -0.39 is 0 Å². The summed E-state index contributed by atoms with van der Waals surface area (Å²) in [5.41, 5.74) is 1.06. The van der Waals surface area contributed by atoms with Gasteiger partial charge >= 0.3 is 0 Å². The van der Waals surface area contributed by atoms with Crippen LogP contribution in [0.3, 0.4) is 0 Å². The zero-order chi connectivity index (χ0) is 14.2. The van der Waals surface area contributed by atoms with E-state index in [9.17, 15) is 10.1 Å². The van der Waals surface area contributed by atoms with Gasteiger partial charge in [0.2, 0.25) is 0 Å². The highest BCUT2D eigenvalue weighted by atomic mass is 16.6. The Balaban J connectivity index is 1.59. The Labute approximate surface area is 119 Å². The van der Waals surface area contributed by atoms with E-state index >= 15 is 0 Å². The van der Waals surface area contributed by atoms with Gasteiger partial charge in [-0.05, 0) is 37.4 Å². The van der Waals surface area contributed by atoms with Crippen molar-refractivity contribution in [1.29, 1.82) is 0 Å². The first-order valence-electron chi connectivity index (χ1n) is 7.45. The lowest BCUT2D eigenvalue weighted by Gasteiger charge is -2.21. The van der Waals surface area contributed by atoms with Crippen molar-refractivity contribution in [2.75, 3.05) is 25.0 Å². The first-order chi connectivity index (χ1) is 9.75. The van der Waals surface area contributed by atoms with Gasteiger partial charge in [0.25, 0.3) is 5.69 Å². The summed E-state index contributed by atoms with van der Waals surface area (Å²) < 4.78 is 0. The molecule has 0 heterocycles. The molecule has 1 saturated carbocycles. The third-order valence-corrected chi connectivity index (χ3v) is 3.87. The Bertz CT molecular complexity index is 414. The lowest BCUT2D eigenvalue weighted by molar-refractivity contribution is -0.384. The largest absolute Gasteiger partial charge is 0.384 e. The fraction of sp³-hybridized carbons (Fsp3) is 0.600. The smallest absolute Gasteiger partial charge is 0.269 e. The van der Waals surface area contributed by atoms with Crippen LogP contribution in [0, 0.1) is 16.0 Å². The molecule has 0 radical (unpaired) electrons. The quantitative estimate of drug-likeness (QED) is 0.456. The maximum absolute atomic E-state index is 10.5. The molecule has 0 spiro atoms. The Morgan fingerprint density at radius 2 is 1.80 bits per heavy atom. The lowest BCUT2D eigenvalue weighted by Crippen LogP contribution is -2.28. The second-order valence-electron chi connectivity index (χ2n) is 5.44. The molecule has 110 valence electrons. The summed E-state index contributed by atoms with van der Waals surface area (Å²) in [4.78, 5) is 10.2. The van der Waals surface area contributed by atoms with E-state index in [-0.39, 0.29) is 10.6 Å². The van der Waals surface area contributed by atoms with Gasteiger partial charge in [-0.25, -0.2) is 0 Å². The van der Waals surface area contributed by atoms with Gasteiger partial charge in [-0.1, -0.05) is 19.3 Å². The normalized spacial score (nSPS) is 16.0. The molecule has 1 aromatic carbocycles. The van der Waals surface area contributed by atoms with E-state index in [1.54, 1.807) is 12.1 Å². The van der Waals surface area contributed by atoms with Gasteiger partial charge in [0.05, 0.1) is 4.92 Å². The van der Waals surface area contributed by atoms with E-state index in [4.69, 9.17) is 0 Å². The summed E-state index contributed by atoms with van der Waals surface area (Å²) >= 11 is 0. The average molecular weight is 277 g/mol. The highest BCUT2D eigenvalue weighted by Crippen LogP contribution is 2.22. The van der Waals surface area contributed by atoms with Crippen molar-refractivity contribution in [3.63, 3.8) is 0 Å². The zero-order valence-electron chi connectivity index (χ0n) is 11.8. The van der Waals surface area contributed by atoms with Gasteiger partial charge in [-0.3, -0.25) is 10.1 Å². The monoisotopic (exact) mass is 277 g/mol. The van der Waals surface area contributed by atoms with Crippen molar-refractivity contribution in [2.45, 2.75) is 32.1 Å². The number of anilines is 1. The van der Waals surface area contributed by atoms with Crippen molar-refractivity contribution in [1.82, 2.24) is 5.32 Å². The van der Waals surface area contributed by atoms with Gasteiger partial charge in [0.15, 0.2) is 0 Å². The fourth-order valence-electron chi connectivity index (χ4n) is 2.69. The number of non-ortho nitro benzene ring substituents is 1. The molecule has 1 aliphatic carbocycles. The minimum absolute atomic E-state index is 0.131. The molecular formula is C15H23N3O2. The number of rotatable bonds is 7. The molecule has 0 aliphatic heterocycles. The molecule has 5 nitrogen and oxygen atoms in total. The van der Waals surface area contributed by atoms with Crippen molar-refractivity contribution < 1.29 is 4.92 Å². The minimum Gasteiger partial charge on any atom is -0.384 e. The summed E-state index contributed by atoms with van der Waals surface area (Å²) in [6.07, 6.45) is 6.89. The number of nitrogens with one attached hydrogen (secondary N) is 2. The van der Waals surface area contributed by atoms with Crippen LogP contribution in [0.25, 0.3) is 0 Å². The van der Waals surface area contributed by atoms with Gasteiger partial charge < -0.3 is 10.6 Å². The first-order valence-corrected chi connectivity index (χ1v) is 7.45. The highest BCUT2D eigenvalue weighted by molar-refractivity contribution is 5.48. The standard InChI is InChI=1S/C15H23N3O2/c19-18(20)15-8-6-14(7-9-15)17-11-10-16-12-13-4-2-1-3-5-13/h6-9,13,16-17H,1-5,10-12H2. The van der Waals surface area contributed by atoms with Crippen LogP contribution in [-0.2, 0) is 0 Å². The van der Waals surface area contributed by atoms with E-state index in [0.29, 0.717) is 0 Å². The lowest BCUT2D eigenvalue weighted by atomic mass is 9.89. The summed E-state index contributed by atoms with van der Waals surface area (Å²) in [5, 5.41) is 17.3. The third kappa shape index (κ3) is 4.81. The molecule has 2 N–H and O–H groups in total.